The number of amides is 1. The van der Waals surface area contributed by atoms with Crippen molar-refractivity contribution in [1.82, 2.24) is 4.90 Å². The minimum atomic E-state index is -0.929. The van der Waals surface area contributed by atoms with E-state index in [9.17, 15) is 18.0 Å². The van der Waals surface area contributed by atoms with E-state index in [1.807, 2.05) is 4.90 Å². The van der Waals surface area contributed by atoms with Crippen molar-refractivity contribution in [2.45, 2.75) is 19.0 Å². The predicted molar refractivity (Wildman–Crippen MR) is 126 cm³/mol. The zero-order valence-corrected chi connectivity index (χ0v) is 19.2. The third kappa shape index (κ3) is 4.77. The van der Waals surface area contributed by atoms with Gasteiger partial charge in [-0.15, -0.1) is 0 Å². The van der Waals surface area contributed by atoms with Crippen LogP contribution < -0.4 is 15.4 Å². The number of anilines is 2. The molecule has 178 valence electrons. The number of ether oxygens (including phenoxy) is 1. The van der Waals surface area contributed by atoms with E-state index in [2.05, 4.69) is 0 Å². The number of halogens is 4. The Bertz CT molecular complexity index is 1220. The topological polar surface area (TPSA) is 58.8 Å². The Kier molecular flexibility index (Phi) is 6.88. The van der Waals surface area contributed by atoms with Crippen molar-refractivity contribution in [3.63, 3.8) is 0 Å². The van der Waals surface area contributed by atoms with Gasteiger partial charge in [0, 0.05) is 42.5 Å². The lowest BCUT2D eigenvalue weighted by atomic mass is 10.1. The van der Waals surface area contributed by atoms with Gasteiger partial charge in [-0.3, -0.25) is 4.79 Å². The van der Waals surface area contributed by atoms with Gasteiger partial charge in [0.25, 0.3) is 5.91 Å². The van der Waals surface area contributed by atoms with Gasteiger partial charge in [-0.05, 0) is 48.9 Å². The van der Waals surface area contributed by atoms with E-state index in [1.54, 1.807) is 23.1 Å². The van der Waals surface area contributed by atoms with Gasteiger partial charge in [0.2, 0.25) is 0 Å². The SMILES string of the molecule is COc1cc(C(=O)N2CC[C@H](N(Cc3cccc(F)c3F)c3ccc(N)c(Cl)c3)C2)ccc1F. The van der Waals surface area contributed by atoms with Crippen LogP contribution in [0.15, 0.2) is 54.6 Å². The number of benzene rings is 3. The van der Waals surface area contributed by atoms with Crippen molar-refractivity contribution in [2.75, 3.05) is 30.8 Å². The van der Waals surface area contributed by atoms with Crippen molar-refractivity contribution >= 4 is 28.9 Å². The molecule has 2 N–H and O–H groups in total. The first-order valence-electron chi connectivity index (χ1n) is 10.7. The van der Waals surface area contributed by atoms with Crippen LogP contribution in [0.25, 0.3) is 0 Å². The van der Waals surface area contributed by atoms with E-state index in [4.69, 9.17) is 22.1 Å². The van der Waals surface area contributed by atoms with Crippen molar-refractivity contribution in [3.05, 3.63) is 88.2 Å². The molecule has 0 radical (unpaired) electrons. The molecule has 0 unspecified atom stereocenters. The van der Waals surface area contributed by atoms with E-state index < -0.39 is 17.5 Å². The lowest BCUT2D eigenvalue weighted by molar-refractivity contribution is 0.0790. The molecule has 9 heteroatoms. The van der Waals surface area contributed by atoms with E-state index in [0.29, 0.717) is 41.5 Å². The molecular formula is C25H23ClF3N3O2. The first kappa shape index (κ1) is 23.8. The first-order valence-corrected chi connectivity index (χ1v) is 11.0. The van der Waals surface area contributed by atoms with E-state index in [-0.39, 0.29) is 29.8 Å². The molecule has 1 saturated heterocycles. The first-order chi connectivity index (χ1) is 16.3. The molecule has 1 fully saturated rings. The molecule has 1 amide bonds. The van der Waals surface area contributed by atoms with Crippen LogP contribution in [0, 0.1) is 17.5 Å². The molecule has 1 atom stereocenters. The molecule has 0 bridgehead atoms. The average Bonchev–Trinajstić information content (AvgIpc) is 3.32. The molecule has 0 aromatic heterocycles. The highest BCUT2D eigenvalue weighted by molar-refractivity contribution is 6.33. The molecular weight excluding hydrogens is 467 g/mol. The quantitative estimate of drug-likeness (QED) is 0.479. The predicted octanol–water partition coefficient (Wildman–Crippen LogP) is 5.27. The fraction of sp³-hybridized carbons (Fsp3) is 0.240. The Balaban J connectivity index is 1.61. The summed E-state index contributed by atoms with van der Waals surface area (Å²) in [5, 5.41) is 0.339. The molecule has 4 rings (SSSR count). The minimum absolute atomic E-state index is 0.0127. The summed E-state index contributed by atoms with van der Waals surface area (Å²) in [6, 6.07) is 12.9. The number of hydrogen-bond acceptors (Lipinski definition) is 4. The van der Waals surface area contributed by atoms with Gasteiger partial charge >= 0.3 is 0 Å². The average molecular weight is 490 g/mol. The Morgan fingerprint density at radius 3 is 2.68 bits per heavy atom. The molecule has 0 spiro atoms. The van der Waals surface area contributed by atoms with Crippen molar-refractivity contribution in [1.29, 1.82) is 0 Å². The van der Waals surface area contributed by atoms with Gasteiger partial charge in [-0.25, -0.2) is 13.2 Å². The van der Waals surface area contributed by atoms with Gasteiger partial charge in [-0.2, -0.15) is 0 Å². The number of methoxy groups -OCH3 is 1. The summed E-state index contributed by atoms with van der Waals surface area (Å²) in [6.07, 6.45) is 0.586. The van der Waals surface area contributed by atoms with E-state index in [1.165, 1.54) is 37.4 Å². The van der Waals surface area contributed by atoms with Gasteiger partial charge in [0.05, 0.1) is 17.8 Å². The maximum atomic E-state index is 14.5. The lowest BCUT2D eigenvalue weighted by Gasteiger charge is -2.32. The highest BCUT2D eigenvalue weighted by Gasteiger charge is 2.32. The van der Waals surface area contributed by atoms with Crippen LogP contribution in [0.5, 0.6) is 5.75 Å². The molecule has 1 aliphatic heterocycles. The van der Waals surface area contributed by atoms with Crippen LogP contribution >= 0.6 is 11.6 Å². The molecule has 1 heterocycles. The van der Waals surface area contributed by atoms with Crippen LogP contribution in [0.3, 0.4) is 0 Å². The molecule has 34 heavy (non-hydrogen) atoms. The third-order valence-electron chi connectivity index (χ3n) is 5.98. The molecule has 0 aliphatic carbocycles. The molecule has 3 aromatic rings. The molecule has 1 aliphatic rings. The number of hydrogen-bond donors (Lipinski definition) is 1. The maximum absolute atomic E-state index is 14.5. The minimum Gasteiger partial charge on any atom is -0.494 e. The smallest absolute Gasteiger partial charge is 0.254 e. The number of rotatable bonds is 6. The Hall–Kier alpha value is -3.39. The Morgan fingerprint density at radius 2 is 1.94 bits per heavy atom. The van der Waals surface area contributed by atoms with Gasteiger partial charge in [-0.1, -0.05) is 23.7 Å². The fourth-order valence-corrected chi connectivity index (χ4v) is 4.31. The zero-order chi connectivity index (χ0) is 24.4. The highest BCUT2D eigenvalue weighted by Crippen LogP contribution is 2.31. The maximum Gasteiger partial charge on any atom is 0.254 e. The summed E-state index contributed by atoms with van der Waals surface area (Å²) in [7, 11) is 1.33. The number of carbonyl (C=O) groups is 1. The summed E-state index contributed by atoms with van der Waals surface area (Å²) < 4.78 is 47.1. The summed E-state index contributed by atoms with van der Waals surface area (Å²) in [5.74, 6) is -2.68. The summed E-state index contributed by atoms with van der Waals surface area (Å²) >= 11 is 6.23. The number of carbonyl (C=O) groups excluding carboxylic acids is 1. The Labute approximate surface area is 200 Å². The van der Waals surface area contributed by atoms with E-state index in [0.717, 1.165) is 6.07 Å². The summed E-state index contributed by atoms with van der Waals surface area (Å²) in [6.45, 7) is 0.840. The van der Waals surface area contributed by atoms with Crippen LogP contribution in [0.1, 0.15) is 22.3 Å². The summed E-state index contributed by atoms with van der Waals surface area (Å²) in [4.78, 5) is 16.6. The van der Waals surface area contributed by atoms with Crippen LogP contribution in [-0.2, 0) is 6.54 Å². The monoisotopic (exact) mass is 489 g/mol. The number of likely N-dealkylation sites (tertiary alicyclic amines) is 1. The number of nitrogens with two attached hydrogens (primary N) is 1. The number of nitrogen functional groups attached to an aromatic ring is 1. The van der Waals surface area contributed by atoms with Crippen LogP contribution in [0.4, 0.5) is 24.5 Å². The molecule has 3 aromatic carbocycles. The van der Waals surface area contributed by atoms with Crippen LogP contribution in [0.2, 0.25) is 5.02 Å². The Morgan fingerprint density at radius 1 is 1.15 bits per heavy atom. The fourth-order valence-electron chi connectivity index (χ4n) is 4.14. The lowest BCUT2D eigenvalue weighted by Crippen LogP contribution is -2.39. The second-order valence-electron chi connectivity index (χ2n) is 8.09. The second kappa shape index (κ2) is 9.85. The second-order valence-corrected chi connectivity index (χ2v) is 8.50. The highest BCUT2D eigenvalue weighted by atomic mass is 35.5. The van der Waals surface area contributed by atoms with Gasteiger partial charge in [0.1, 0.15) is 0 Å². The molecule has 0 saturated carbocycles. The van der Waals surface area contributed by atoms with Crippen molar-refractivity contribution in [3.8, 4) is 5.75 Å². The van der Waals surface area contributed by atoms with E-state index >= 15 is 0 Å². The largest absolute Gasteiger partial charge is 0.494 e. The zero-order valence-electron chi connectivity index (χ0n) is 18.4. The van der Waals surface area contributed by atoms with Gasteiger partial charge in [0.15, 0.2) is 23.2 Å². The van der Waals surface area contributed by atoms with Crippen molar-refractivity contribution in [2.24, 2.45) is 0 Å². The summed E-state index contributed by atoms with van der Waals surface area (Å²) in [5.41, 5.74) is 7.40. The van der Waals surface area contributed by atoms with Gasteiger partial charge < -0.3 is 20.3 Å². The van der Waals surface area contributed by atoms with Crippen molar-refractivity contribution < 1.29 is 22.7 Å². The molecule has 5 nitrogen and oxygen atoms in total. The number of nitrogens with zero attached hydrogens (tertiary/aromatic N) is 2. The standard InChI is InChI=1S/C25H23ClF3N3O2/c1-34-23-11-15(5-7-20(23)27)25(33)31-10-9-18(14-31)32(17-6-8-22(30)19(26)12-17)13-16-3-2-4-21(28)24(16)29/h2-8,11-12,18H,9-10,13-14,30H2,1H3/t18-/m0/s1. The van der Waals surface area contributed by atoms with Crippen LogP contribution in [-0.4, -0.2) is 37.0 Å². The normalized spacial score (nSPS) is 15.4. The third-order valence-corrected chi connectivity index (χ3v) is 6.30.